The van der Waals surface area contributed by atoms with Crippen molar-refractivity contribution in [2.75, 3.05) is 18.9 Å². The zero-order valence-electron chi connectivity index (χ0n) is 10.6. The van der Waals surface area contributed by atoms with E-state index in [0.717, 1.165) is 0 Å². The molecule has 0 bridgehead atoms. The summed E-state index contributed by atoms with van der Waals surface area (Å²) in [6, 6.07) is 4.68. The average Bonchev–Trinajstić information content (AvgIpc) is 2.67. The van der Waals surface area contributed by atoms with Crippen LogP contribution in [0.5, 0.6) is 0 Å². The Bertz CT molecular complexity index is 495. The van der Waals surface area contributed by atoms with Crippen LogP contribution in [0.2, 0.25) is 5.02 Å². The molecule has 1 aliphatic heterocycles. The van der Waals surface area contributed by atoms with Gasteiger partial charge in [-0.3, -0.25) is 4.79 Å². The Morgan fingerprint density at radius 1 is 1.68 bits per heavy atom. The van der Waals surface area contributed by atoms with Crippen LogP contribution in [-0.2, 0) is 4.74 Å². The number of carbonyl (C=O) groups excluding carboxylic acids is 1. The molecule has 1 heterocycles. The topological polar surface area (TPSA) is 84.6 Å². The van der Waals surface area contributed by atoms with Crippen molar-refractivity contribution in [2.45, 2.75) is 25.0 Å². The van der Waals surface area contributed by atoms with Crippen molar-refractivity contribution < 1.29 is 14.6 Å². The predicted molar refractivity (Wildman–Crippen MR) is 73.2 cm³/mol. The summed E-state index contributed by atoms with van der Waals surface area (Å²) in [6.07, 6.45) is 0.209. The molecule has 2 atom stereocenters. The third-order valence-corrected chi connectivity index (χ3v) is 3.71. The Morgan fingerprint density at radius 3 is 3.00 bits per heavy atom. The second-order valence-electron chi connectivity index (χ2n) is 4.78. The van der Waals surface area contributed by atoms with E-state index in [9.17, 15) is 9.90 Å². The van der Waals surface area contributed by atoms with E-state index in [1.54, 1.807) is 19.1 Å². The van der Waals surface area contributed by atoms with Crippen LogP contribution in [0.1, 0.15) is 23.7 Å². The number of carbonyl (C=O) groups is 1. The lowest BCUT2D eigenvalue weighted by molar-refractivity contribution is -0.0251. The first-order chi connectivity index (χ1) is 8.92. The van der Waals surface area contributed by atoms with Crippen molar-refractivity contribution in [1.29, 1.82) is 0 Å². The summed E-state index contributed by atoms with van der Waals surface area (Å²) >= 11 is 5.78. The van der Waals surface area contributed by atoms with Gasteiger partial charge in [0.1, 0.15) is 5.60 Å². The minimum atomic E-state index is -1.02. The van der Waals surface area contributed by atoms with Crippen LogP contribution in [0.15, 0.2) is 18.2 Å². The molecule has 0 radical (unpaired) electrons. The molecule has 0 spiro atoms. The summed E-state index contributed by atoms with van der Waals surface area (Å²) in [5.74, 6) is -0.332. The third-order valence-electron chi connectivity index (χ3n) is 3.47. The normalized spacial score (nSPS) is 26.4. The number of halogens is 1. The third kappa shape index (κ3) is 3.00. The number of ether oxygens (including phenoxy) is 1. The zero-order valence-corrected chi connectivity index (χ0v) is 11.4. The number of nitrogens with two attached hydrogens (primary N) is 1. The van der Waals surface area contributed by atoms with Gasteiger partial charge in [-0.25, -0.2) is 0 Å². The smallest absolute Gasteiger partial charge is 0.253 e. The van der Waals surface area contributed by atoms with Crippen LogP contribution in [0.3, 0.4) is 0 Å². The van der Waals surface area contributed by atoms with Gasteiger partial charge in [-0.2, -0.15) is 0 Å². The second kappa shape index (κ2) is 5.36. The Hall–Kier alpha value is -1.30. The highest BCUT2D eigenvalue weighted by atomic mass is 35.5. The number of nitrogens with one attached hydrogen (secondary N) is 1. The van der Waals surface area contributed by atoms with E-state index in [4.69, 9.17) is 22.1 Å². The Balaban J connectivity index is 2.02. The van der Waals surface area contributed by atoms with Crippen LogP contribution in [0, 0.1) is 0 Å². The van der Waals surface area contributed by atoms with Gasteiger partial charge < -0.3 is 20.9 Å². The average molecular weight is 285 g/mol. The molecule has 2 rings (SSSR count). The van der Waals surface area contributed by atoms with Crippen LogP contribution < -0.4 is 11.1 Å². The van der Waals surface area contributed by atoms with Gasteiger partial charge in [0.2, 0.25) is 0 Å². The van der Waals surface area contributed by atoms with E-state index in [-0.39, 0.29) is 18.6 Å². The number of hydrogen-bond acceptors (Lipinski definition) is 4. The van der Waals surface area contributed by atoms with E-state index < -0.39 is 5.60 Å². The maximum atomic E-state index is 12.0. The van der Waals surface area contributed by atoms with Crippen LogP contribution in [0.25, 0.3) is 0 Å². The molecule has 1 saturated heterocycles. The fourth-order valence-electron chi connectivity index (χ4n) is 2.07. The SMILES string of the molecule is CC1OCCC1(O)CNC(=O)c1ccc(Cl)cc1N. The Morgan fingerprint density at radius 2 is 2.42 bits per heavy atom. The van der Waals surface area contributed by atoms with E-state index >= 15 is 0 Å². The summed E-state index contributed by atoms with van der Waals surface area (Å²) in [7, 11) is 0. The molecule has 0 aliphatic carbocycles. The first kappa shape index (κ1) is 14.1. The first-order valence-electron chi connectivity index (χ1n) is 6.09. The lowest BCUT2D eigenvalue weighted by Crippen LogP contribution is -2.47. The van der Waals surface area contributed by atoms with Crippen molar-refractivity contribution in [2.24, 2.45) is 0 Å². The predicted octanol–water partition coefficient (Wildman–Crippen LogP) is 1.19. The highest BCUT2D eigenvalue weighted by molar-refractivity contribution is 6.31. The molecule has 1 aliphatic rings. The van der Waals surface area contributed by atoms with Crippen molar-refractivity contribution in [3.05, 3.63) is 28.8 Å². The largest absolute Gasteiger partial charge is 0.398 e. The zero-order chi connectivity index (χ0) is 14.0. The van der Waals surface area contributed by atoms with Gasteiger partial charge in [0.15, 0.2) is 0 Å². The number of aliphatic hydroxyl groups is 1. The van der Waals surface area contributed by atoms with Gasteiger partial charge >= 0.3 is 0 Å². The van der Waals surface area contributed by atoms with E-state index in [1.165, 1.54) is 6.07 Å². The van der Waals surface area contributed by atoms with Gasteiger partial charge in [-0.15, -0.1) is 0 Å². The number of amides is 1. The van der Waals surface area contributed by atoms with Gasteiger partial charge in [0.25, 0.3) is 5.91 Å². The van der Waals surface area contributed by atoms with Crippen molar-refractivity contribution >= 4 is 23.2 Å². The molecule has 1 fully saturated rings. The Labute approximate surface area is 116 Å². The lowest BCUT2D eigenvalue weighted by Gasteiger charge is -2.26. The Kier molecular flexibility index (Phi) is 3.99. The monoisotopic (exact) mass is 284 g/mol. The molecular weight excluding hydrogens is 268 g/mol. The molecule has 0 aromatic heterocycles. The van der Waals surface area contributed by atoms with Crippen LogP contribution in [0.4, 0.5) is 5.69 Å². The quantitative estimate of drug-likeness (QED) is 0.728. The van der Waals surface area contributed by atoms with Crippen LogP contribution >= 0.6 is 11.6 Å². The van der Waals surface area contributed by atoms with Crippen molar-refractivity contribution in [1.82, 2.24) is 5.32 Å². The fourth-order valence-corrected chi connectivity index (χ4v) is 2.25. The van der Waals surface area contributed by atoms with E-state index in [0.29, 0.717) is 29.3 Å². The summed E-state index contributed by atoms with van der Waals surface area (Å²) in [4.78, 5) is 12.0. The summed E-state index contributed by atoms with van der Waals surface area (Å²) in [6.45, 7) is 2.42. The molecule has 104 valence electrons. The minimum Gasteiger partial charge on any atom is -0.398 e. The van der Waals surface area contributed by atoms with Crippen LogP contribution in [-0.4, -0.2) is 35.9 Å². The van der Waals surface area contributed by atoms with E-state index in [1.807, 2.05) is 0 Å². The number of benzene rings is 1. The fraction of sp³-hybridized carbons (Fsp3) is 0.462. The van der Waals surface area contributed by atoms with Gasteiger partial charge in [-0.05, 0) is 25.1 Å². The van der Waals surface area contributed by atoms with Gasteiger partial charge in [0, 0.05) is 30.3 Å². The molecule has 1 amide bonds. The van der Waals surface area contributed by atoms with Gasteiger partial charge in [0.05, 0.1) is 11.7 Å². The molecule has 19 heavy (non-hydrogen) atoms. The summed E-state index contributed by atoms with van der Waals surface area (Å²) in [5, 5.41) is 13.4. The number of rotatable bonds is 3. The highest BCUT2D eigenvalue weighted by Gasteiger charge is 2.39. The highest BCUT2D eigenvalue weighted by Crippen LogP contribution is 2.25. The maximum Gasteiger partial charge on any atom is 0.253 e. The first-order valence-corrected chi connectivity index (χ1v) is 6.47. The van der Waals surface area contributed by atoms with E-state index in [2.05, 4.69) is 5.32 Å². The molecular formula is C13H17ClN2O3. The lowest BCUT2D eigenvalue weighted by atomic mass is 9.96. The van der Waals surface area contributed by atoms with Crippen molar-refractivity contribution in [3.8, 4) is 0 Å². The molecule has 1 aromatic carbocycles. The number of anilines is 1. The molecule has 1 aromatic rings. The van der Waals surface area contributed by atoms with Crippen molar-refractivity contribution in [3.63, 3.8) is 0 Å². The molecule has 6 heteroatoms. The minimum absolute atomic E-state index is 0.134. The summed E-state index contributed by atoms with van der Waals surface area (Å²) < 4.78 is 5.30. The molecule has 0 saturated carbocycles. The molecule has 4 N–H and O–H groups in total. The number of nitrogen functional groups attached to an aromatic ring is 1. The van der Waals surface area contributed by atoms with Gasteiger partial charge in [-0.1, -0.05) is 11.6 Å². The standard InChI is InChI=1S/C13H17ClN2O3/c1-8-13(18,4-5-19-8)7-16-12(17)10-3-2-9(14)6-11(10)15/h2-3,6,8,18H,4-5,7,15H2,1H3,(H,16,17). The molecule has 5 nitrogen and oxygen atoms in total. The second-order valence-corrected chi connectivity index (χ2v) is 5.22. The molecule has 2 unspecified atom stereocenters. The maximum absolute atomic E-state index is 12.0. The number of hydrogen-bond donors (Lipinski definition) is 3. The summed E-state index contributed by atoms with van der Waals surface area (Å²) in [5.41, 5.74) is 5.38.